The van der Waals surface area contributed by atoms with Crippen LogP contribution < -0.4 is 10.6 Å². The van der Waals surface area contributed by atoms with Crippen LogP contribution in [-0.2, 0) is 17.8 Å². The minimum absolute atomic E-state index is 0.0760. The van der Waals surface area contributed by atoms with Crippen molar-refractivity contribution in [3.63, 3.8) is 0 Å². The molecule has 1 aromatic carbocycles. The Bertz CT molecular complexity index is 775. The Morgan fingerprint density at radius 1 is 1.28 bits per heavy atom. The van der Waals surface area contributed by atoms with E-state index < -0.39 is 12.0 Å². The number of aliphatic carboxylic acids is 1. The molecule has 0 spiro atoms. The number of aromatic nitrogens is 3. The molecule has 0 fully saturated rings. The van der Waals surface area contributed by atoms with Crippen LogP contribution in [0.3, 0.4) is 0 Å². The molecule has 132 valence electrons. The second-order valence-electron chi connectivity index (χ2n) is 5.84. The van der Waals surface area contributed by atoms with Crippen molar-refractivity contribution in [1.29, 1.82) is 0 Å². The molecule has 3 N–H and O–H groups in total. The van der Waals surface area contributed by atoms with Crippen molar-refractivity contribution in [2.75, 3.05) is 6.54 Å². The topological polar surface area (TPSA) is 109 Å². The molecule has 0 aliphatic carbocycles. The molecule has 1 atom stereocenters. The van der Waals surface area contributed by atoms with Crippen LogP contribution in [0.25, 0.3) is 11.4 Å². The Morgan fingerprint density at radius 3 is 2.76 bits per heavy atom. The molecule has 2 amide bonds. The Morgan fingerprint density at radius 2 is 2.04 bits per heavy atom. The van der Waals surface area contributed by atoms with Gasteiger partial charge in [0.2, 0.25) is 0 Å². The van der Waals surface area contributed by atoms with Crippen LogP contribution in [0.5, 0.6) is 0 Å². The third-order valence-electron chi connectivity index (χ3n) is 4.01. The van der Waals surface area contributed by atoms with Gasteiger partial charge in [0.25, 0.3) is 0 Å². The lowest BCUT2D eigenvalue weighted by Crippen LogP contribution is -2.46. The van der Waals surface area contributed by atoms with Gasteiger partial charge < -0.3 is 20.3 Å². The number of nitrogens with zero attached hydrogens (tertiary/aromatic N) is 3. The number of fused-ring (bicyclic) bond motifs is 1. The molecule has 1 unspecified atom stereocenters. The zero-order valence-corrected chi connectivity index (χ0v) is 13.4. The normalized spacial score (nSPS) is 16.1. The van der Waals surface area contributed by atoms with E-state index in [2.05, 4.69) is 20.8 Å². The number of benzene rings is 1. The number of aryl methyl sites for hydroxylation is 1. The molecule has 9 heteroatoms. The summed E-state index contributed by atoms with van der Waals surface area (Å²) >= 11 is 0. The van der Waals surface area contributed by atoms with Crippen molar-refractivity contribution in [3.8, 4) is 11.4 Å². The van der Waals surface area contributed by atoms with E-state index in [1.165, 1.54) is 12.1 Å². The number of carboxylic acid groups (broad SMARTS) is 1. The predicted molar refractivity (Wildman–Crippen MR) is 86.3 cm³/mol. The third-order valence-corrected chi connectivity index (χ3v) is 4.01. The number of carbonyl (C=O) groups excluding carboxylic acids is 1. The number of amides is 2. The molecule has 1 aliphatic heterocycles. The number of hydrogen-bond donors (Lipinski definition) is 3. The molecule has 3 rings (SSSR count). The van der Waals surface area contributed by atoms with Gasteiger partial charge in [0.05, 0.1) is 6.42 Å². The molecule has 25 heavy (non-hydrogen) atoms. The summed E-state index contributed by atoms with van der Waals surface area (Å²) in [5.74, 6) is 0.173. The SMILES string of the molecule is O=C(O)CCNC(=O)NC1CCc2nnc(-c3ccc(F)cc3)n2C1. The summed E-state index contributed by atoms with van der Waals surface area (Å²) in [6.45, 7) is 0.577. The summed E-state index contributed by atoms with van der Waals surface area (Å²) < 4.78 is 15.0. The second kappa shape index (κ2) is 7.29. The van der Waals surface area contributed by atoms with Crippen molar-refractivity contribution < 1.29 is 19.1 Å². The molecule has 2 aromatic rings. The first-order valence-electron chi connectivity index (χ1n) is 7.97. The van der Waals surface area contributed by atoms with Crippen molar-refractivity contribution in [2.45, 2.75) is 31.8 Å². The quantitative estimate of drug-likeness (QED) is 0.752. The first kappa shape index (κ1) is 16.9. The highest BCUT2D eigenvalue weighted by Crippen LogP contribution is 2.23. The van der Waals surface area contributed by atoms with Crippen LogP contribution in [0.4, 0.5) is 9.18 Å². The number of carboxylic acids is 1. The number of halogens is 1. The minimum atomic E-state index is -0.962. The van der Waals surface area contributed by atoms with E-state index in [0.717, 1.165) is 11.4 Å². The molecule has 0 saturated carbocycles. The van der Waals surface area contributed by atoms with Crippen LogP contribution >= 0.6 is 0 Å². The molecule has 0 radical (unpaired) electrons. The van der Waals surface area contributed by atoms with Crippen molar-refractivity contribution >= 4 is 12.0 Å². The Balaban J connectivity index is 1.64. The molecular formula is C16H18FN5O3. The zero-order valence-electron chi connectivity index (χ0n) is 13.4. The maximum atomic E-state index is 13.1. The summed E-state index contributed by atoms with van der Waals surface area (Å²) in [7, 11) is 0. The third kappa shape index (κ3) is 4.11. The largest absolute Gasteiger partial charge is 0.481 e. The van der Waals surface area contributed by atoms with Gasteiger partial charge in [-0.1, -0.05) is 0 Å². The highest BCUT2D eigenvalue weighted by molar-refractivity contribution is 5.75. The Kier molecular flexibility index (Phi) is 4.92. The highest BCUT2D eigenvalue weighted by atomic mass is 19.1. The van der Waals surface area contributed by atoms with E-state index in [0.29, 0.717) is 25.2 Å². The van der Waals surface area contributed by atoms with Gasteiger partial charge in [0, 0.05) is 31.1 Å². The van der Waals surface area contributed by atoms with Crippen LogP contribution in [0, 0.1) is 5.82 Å². The predicted octanol–water partition coefficient (Wildman–Crippen LogP) is 1.17. The first-order chi connectivity index (χ1) is 12.0. The fraction of sp³-hybridized carbons (Fsp3) is 0.375. The van der Waals surface area contributed by atoms with E-state index in [9.17, 15) is 14.0 Å². The molecule has 2 heterocycles. The number of carbonyl (C=O) groups is 2. The monoisotopic (exact) mass is 347 g/mol. The van der Waals surface area contributed by atoms with Gasteiger partial charge in [-0.2, -0.15) is 0 Å². The number of urea groups is 1. The van der Waals surface area contributed by atoms with Gasteiger partial charge in [-0.15, -0.1) is 10.2 Å². The summed E-state index contributed by atoms with van der Waals surface area (Å²) in [6, 6.07) is 5.50. The van der Waals surface area contributed by atoms with Gasteiger partial charge in [0.1, 0.15) is 11.6 Å². The molecular weight excluding hydrogens is 329 g/mol. The second-order valence-corrected chi connectivity index (χ2v) is 5.84. The van der Waals surface area contributed by atoms with Crippen LogP contribution in [0.1, 0.15) is 18.7 Å². The molecule has 0 bridgehead atoms. The van der Waals surface area contributed by atoms with E-state index >= 15 is 0 Å². The van der Waals surface area contributed by atoms with E-state index in [-0.39, 0.29) is 24.8 Å². The maximum Gasteiger partial charge on any atom is 0.315 e. The molecule has 1 aliphatic rings. The van der Waals surface area contributed by atoms with Crippen LogP contribution in [0.2, 0.25) is 0 Å². The highest BCUT2D eigenvalue weighted by Gasteiger charge is 2.24. The average molecular weight is 347 g/mol. The zero-order chi connectivity index (χ0) is 17.8. The minimum Gasteiger partial charge on any atom is -0.481 e. The van der Waals surface area contributed by atoms with E-state index in [1.54, 1.807) is 12.1 Å². The van der Waals surface area contributed by atoms with Gasteiger partial charge in [-0.3, -0.25) is 4.79 Å². The maximum absolute atomic E-state index is 13.1. The van der Waals surface area contributed by atoms with Crippen LogP contribution in [0.15, 0.2) is 24.3 Å². The van der Waals surface area contributed by atoms with E-state index in [1.807, 2.05) is 4.57 Å². The summed E-state index contributed by atoms with van der Waals surface area (Å²) in [6.07, 6.45) is 1.25. The number of nitrogens with one attached hydrogen (secondary N) is 2. The summed E-state index contributed by atoms with van der Waals surface area (Å²) in [5, 5.41) is 22.3. The van der Waals surface area contributed by atoms with Crippen molar-refractivity contribution in [2.24, 2.45) is 0 Å². The standard InChI is InChI=1S/C16H18FN5O3/c17-11-3-1-10(2-4-11)15-21-20-13-6-5-12(9-22(13)15)19-16(25)18-8-7-14(23)24/h1-4,12H,5-9H2,(H,23,24)(H2,18,19,25). The van der Waals surface area contributed by atoms with Crippen LogP contribution in [-0.4, -0.2) is 44.5 Å². The van der Waals surface area contributed by atoms with Gasteiger partial charge >= 0.3 is 12.0 Å². The smallest absolute Gasteiger partial charge is 0.315 e. The van der Waals surface area contributed by atoms with Gasteiger partial charge in [-0.05, 0) is 30.7 Å². The van der Waals surface area contributed by atoms with E-state index in [4.69, 9.17) is 5.11 Å². The van der Waals surface area contributed by atoms with Gasteiger partial charge in [-0.25, -0.2) is 9.18 Å². The first-order valence-corrected chi connectivity index (χ1v) is 7.97. The Hall–Kier alpha value is -2.97. The fourth-order valence-electron chi connectivity index (χ4n) is 2.78. The number of hydrogen-bond acceptors (Lipinski definition) is 4. The lowest BCUT2D eigenvalue weighted by atomic mass is 10.1. The Labute approximate surface area is 143 Å². The lowest BCUT2D eigenvalue weighted by molar-refractivity contribution is -0.136. The number of rotatable bonds is 5. The summed E-state index contributed by atoms with van der Waals surface area (Å²) in [4.78, 5) is 22.3. The molecule has 0 saturated heterocycles. The van der Waals surface area contributed by atoms with Crippen molar-refractivity contribution in [1.82, 2.24) is 25.4 Å². The molecule has 8 nitrogen and oxygen atoms in total. The van der Waals surface area contributed by atoms with Crippen molar-refractivity contribution in [3.05, 3.63) is 35.9 Å². The van der Waals surface area contributed by atoms with Gasteiger partial charge in [0.15, 0.2) is 5.82 Å². The lowest BCUT2D eigenvalue weighted by Gasteiger charge is -2.25. The average Bonchev–Trinajstić information content (AvgIpc) is 2.98. The molecule has 1 aromatic heterocycles. The summed E-state index contributed by atoms with van der Waals surface area (Å²) in [5.41, 5.74) is 0.756. The fourth-order valence-corrected chi connectivity index (χ4v) is 2.78.